The normalized spacial score (nSPS) is 11.7. The Hall–Kier alpha value is -2.41. The molecule has 0 spiro atoms. The van der Waals surface area contributed by atoms with Crippen molar-refractivity contribution in [3.63, 3.8) is 0 Å². The molecule has 1 amide bonds. The smallest absolute Gasteiger partial charge is 0.326 e. The van der Waals surface area contributed by atoms with E-state index in [1.807, 2.05) is 0 Å². The molecule has 0 radical (unpaired) electrons. The van der Waals surface area contributed by atoms with Crippen LogP contribution in [0.3, 0.4) is 0 Å². The SMILES string of the molecule is NCCc1ccc(C(=O)N[C@@H](CCC(=O)O)C(=O)O)cc1. The summed E-state index contributed by atoms with van der Waals surface area (Å²) in [6.07, 6.45) is 0.201. The number of rotatable bonds is 8. The van der Waals surface area contributed by atoms with E-state index in [1.165, 1.54) is 0 Å². The number of carbonyl (C=O) groups excluding carboxylic acids is 1. The number of carboxylic acid groups (broad SMARTS) is 2. The molecule has 7 heteroatoms. The van der Waals surface area contributed by atoms with Crippen molar-refractivity contribution in [2.45, 2.75) is 25.3 Å². The Morgan fingerprint density at radius 1 is 1.14 bits per heavy atom. The van der Waals surface area contributed by atoms with Gasteiger partial charge in [-0.2, -0.15) is 0 Å². The predicted octanol–water partition coefficient (Wildman–Crippen LogP) is 0.236. The van der Waals surface area contributed by atoms with Crippen molar-refractivity contribution < 1.29 is 24.6 Å². The molecule has 5 N–H and O–H groups in total. The lowest BCUT2D eigenvalue weighted by Crippen LogP contribution is -2.41. The van der Waals surface area contributed by atoms with E-state index in [4.69, 9.17) is 15.9 Å². The first kappa shape index (κ1) is 16.6. The average molecular weight is 294 g/mol. The fraction of sp³-hybridized carbons (Fsp3) is 0.357. The average Bonchev–Trinajstić information content (AvgIpc) is 2.43. The molecule has 114 valence electrons. The molecule has 0 unspecified atom stereocenters. The Morgan fingerprint density at radius 3 is 2.24 bits per heavy atom. The van der Waals surface area contributed by atoms with Gasteiger partial charge in [-0.1, -0.05) is 12.1 Å². The van der Waals surface area contributed by atoms with E-state index in [2.05, 4.69) is 5.32 Å². The molecule has 0 saturated carbocycles. The van der Waals surface area contributed by atoms with Gasteiger partial charge in [-0.3, -0.25) is 9.59 Å². The highest BCUT2D eigenvalue weighted by Crippen LogP contribution is 2.06. The summed E-state index contributed by atoms with van der Waals surface area (Å²) >= 11 is 0. The van der Waals surface area contributed by atoms with Crippen molar-refractivity contribution in [1.82, 2.24) is 5.32 Å². The van der Waals surface area contributed by atoms with Gasteiger partial charge in [0.05, 0.1) is 0 Å². The summed E-state index contributed by atoms with van der Waals surface area (Å²) in [4.78, 5) is 33.4. The van der Waals surface area contributed by atoms with E-state index < -0.39 is 23.9 Å². The zero-order valence-electron chi connectivity index (χ0n) is 11.4. The second-order valence-corrected chi connectivity index (χ2v) is 4.53. The highest BCUT2D eigenvalue weighted by Gasteiger charge is 2.21. The van der Waals surface area contributed by atoms with Crippen molar-refractivity contribution in [3.05, 3.63) is 35.4 Å². The molecule has 7 nitrogen and oxygen atoms in total. The van der Waals surface area contributed by atoms with E-state index in [9.17, 15) is 14.4 Å². The largest absolute Gasteiger partial charge is 0.481 e. The third kappa shape index (κ3) is 5.62. The zero-order valence-corrected chi connectivity index (χ0v) is 11.4. The van der Waals surface area contributed by atoms with Gasteiger partial charge in [-0.25, -0.2) is 4.79 Å². The molecule has 1 aromatic carbocycles. The molecule has 0 heterocycles. The van der Waals surface area contributed by atoms with E-state index in [0.29, 0.717) is 18.5 Å². The van der Waals surface area contributed by atoms with Crippen molar-refractivity contribution in [2.75, 3.05) is 6.54 Å². The molecular formula is C14H18N2O5. The van der Waals surface area contributed by atoms with E-state index >= 15 is 0 Å². The summed E-state index contributed by atoms with van der Waals surface area (Å²) in [6.45, 7) is 0.502. The zero-order chi connectivity index (χ0) is 15.8. The van der Waals surface area contributed by atoms with Crippen LogP contribution in [0.4, 0.5) is 0 Å². The van der Waals surface area contributed by atoms with Crippen LogP contribution in [0.2, 0.25) is 0 Å². The molecule has 1 rings (SSSR count). The number of carboxylic acids is 2. The van der Waals surface area contributed by atoms with Crippen LogP contribution in [0.25, 0.3) is 0 Å². The number of nitrogens with one attached hydrogen (secondary N) is 1. The molecule has 0 saturated heterocycles. The van der Waals surface area contributed by atoms with Crippen molar-refractivity contribution in [3.8, 4) is 0 Å². The predicted molar refractivity (Wildman–Crippen MR) is 75.0 cm³/mol. The summed E-state index contributed by atoms with van der Waals surface area (Å²) in [5.74, 6) is -2.92. The minimum atomic E-state index is -1.26. The van der Waals surface area contributed by atoms with E-state index in [-0.39, 0.29) is 12.8 Å². The minimum absolute atomic E-state index is 0.165. The maximum atomic E-state index is 11.9. The molecule has 21 heavy (non-hydrogen) atoms. The quantitative estimate of drug-likeness (QED) is 0.543. The summed E-state index contributed by atoms with van der Waals surface area (Å²) in [5, 5.41) is 19.8. The van der Waals surface area contributed by atoms with Crippen LogP contribution in [-0.4, -0.2) is 40.6 Å². The van der Waals surface area contributed by atoms with Gasteiger partial charge in [0, 0.05) is 12.0 Å². The number of aliphatic carboxylic acids is 2. The second kappa shape index (κ2) is 8.01. The molecule has 0 aliphatic carbocycles. The Labute approximate surface area is 121 Å². The van der Waals surface area contributed by atoms with Gasteiger partial charge in [0.2, 0.25) is 0 Å². The van der Waals surface area contributed by atoms with Gasteiger partial charge in [0.1, 0.15) is 6.04 Å². The first-order valence-electron chi connectivity index (χ1n) is 6.48. The summed E-state index contributed by atoms with van der Waals surface area (Å²) in [5.41, 5.74) is 6.72. The molecule has 0 aromatic heterocycles. The summed E-state index contributed by atoms with van der Waals surface area (Å²) in [6, 6.07) is 5.42. The van der Waals surface area contributed by atoms with Crippen LogP contribution >= 0.6 is 0 Å². The van der Waals surface area contributed by atoms with Crippen molar-refractivity contribution >= 4 is 17.8 Å². The molecule has 0 aliphatic heterocycles. The third-order valence-electron chi connectivity index (χ3n) is 2.90. The topological polar surface area (TPSA) is 130 Å². The first-order valence-corrected chi connectivity index (χ1v) is 6.48. The number of carbonyl (C=O) groups is 3. The monoisotopic (exact) mass is 294 g/mol. The maximum absolute atomic E-state index is 11.9. The van der Waals surface area contributed by atoms with Crippen LogP contribution in [0.5, 0.6) is 0 Å². The second-order valence-electron chi connectivity index (χ2n) is 4.53. The Morgan fingerprint density at radius 2 is 1.76 bits per heavy atom. The highest BCUT2D eigenvalue weighted by atomic mass is 16.4. The fourth-order valence-corrected chi connectivity index (χ4v) is 1.76. The Bertz CT molecular complexity index is 513. The molecule has 1 aromatic rings. The van der Waals surface area contributed by atoms with Gasteiger partial charge in [0.25, 0.3) is 5.91 Å². The molecule has 1 atom stereocenters. The molecule has 0 bridgehead atoms. The van der Waals surface area contributed by atoms with Crippen molar-refractivity contribution in [2.24, 2.45) is 5.73 Å². The lowest BCUT2D eigenvalue weighted by Gasteiger charge is -2.13. The van der Waals surface area contributed by atoms with Crippen molar-refractivity contribution in [1.29, 1.82) is 0 Å². The van der Waals surface area contributed by atoms with Gasteiger partial charge < -0.3 is 21.3 Å². The summed E-state index contributed by atoms with van der Waals surface area (Å²) < 4.78 is 0. The molecular weight excluding hydrogens is 276 g/mol. The van der Waals surface area contributed by atoms with Crippen LogP contribution < -0.4 is 11.1 Å². The lowest BCUT2D eigenvalue weighted by atomic mass is 10.1. The van der Waals surface area contributed by atoms with E-state index in [1.54, 1.807) is 24.3 Å². The highest BCUT2D eigenvalue weighted by molar-refractivity contribution is 5.96. The third-order valence-corrected chi connectivity index (χ3v) is 2.90. The maximum Gasteiger partial charge on any atom is 0.326 e. The Balaban J connectivity index is 2.67. The van der Waals surface area contributed by atoms with Crippen LogP contribution in [0.1, 0.15) is 28.8 Å². The minimum Gasteiger partial charge on any atom is -0.481 e. The van der Waals surface area contributed by atoms with Gasteiger partial charge in [0.15, 0.2) is 0 Å². The Kier molecular flexibility index (Phi) is 6.35. The fourth-order valence-electron chi connectivity index (χ4n) is 1.76. The standard InChI is InChI=1S/C14H18N2O5/c15-8-7-9-1-3-10(4-2-9)13(19)16-11(14(20)21)5-6-12(17)18/h1-4,11H,5-8,15H2,(H,16,19)(H,17,18)(H,20,21)/t11-/m0/s1. The van der Waals surface area contributed by atoms with Crippen LogP contribution in [-0.2, 0) is 16.0 Å². The van der Waals surface area contributed by atoms with Gasteiger partial charge >= 0.3 is 11.9 Å². The van der Waals surface area contributed by atoms with Crippen LogP contribution in [0.15, 0.2) is 24.3 Å². The van der Waals surface area contributed by atoms with E-state index in [0.717, 1.165) is 5.56 Å². The number of amides is 1. The van der Waals surface area contributed by atoms with Gasteiger partial charge in [-0.15, -0.1) is 0 Å². The molecule has 0 fully saturated rings. The number of hydrogen-bond donors (Lipinski definition) is 4. The number of benzene rings is 1. The van der Waals surface area contributed by atoms with Gasteiger partial charge in [-0.05, 0) is 37.1 Å². The molecule has 0 aliphatic rings. The first-order chi connectivity index (χ1) is 9.93. The summed E-state index contributed by atoms with van der Waals surface area (Å²) in [7, 11) is 0. The number of nitrogens with two attached hydrogens (primary N) is 1. The van der Waals surface area contributed by atoms with Crippen LogP contribution in [0, 0.1) is 0 Å². The number of hydrogen-bond acceptors (Lipinski definition) is 4. The lowest BCUT2D eigenvalue weighted by molar-refractivity contribution is -0.140.